The lowest BCUT2D eigenvalue weighted by Crippen LogP contribution is -2.33. The molecule has 0 rings (SSSR count). The molecule has 0 aromatic carbocycles. The van der Waals surface area contributed by atoms with E-state index in [4.69, 9.17) is 5.11 Å². The van der Waals surface area contributed by atoms with Crippen molar-refractivity contribution in [1.29, 1.82) is 0 Å². The lowest BCUT2D eigenvalue weighted by molar-refractivity contribution is 0.178. The van der Waals surface area contributed by atoms with Crippen molar-refractivity contribution in [3.8, 4) is 0 Å². The monoisotopic (exact) mass is 181 g/mol. The van der Waals surface area contributed by atoms with E-state index in [2.05, 4.69) is 4.72 Å². The van der Waals surface area contributed by atoms with Gasteiger partial charge in [0.2, 0.25) is 10.0 Å². The van der Waals surface area contributed by atoms with Crippen molar-refractivity contribution in [3.05, 3.63) is 0 Å². The van der Waals surface area contributed by atoms with Crippen LogP contribution in [0.1, 0.15) is 13.8 Å². The maximum absolute atomic E-state index is 11.0. The van der Waals surface area contributed by atoms with Crippen molar-refractivity contribution >= 4 is 10.0 Å². The van der Waals surface area contributed by atoms with Crippen molar-refractivity contribution in [1.82, 2.24) is 4.72 Å². The summed E-state index contributed by atoms with van der Waals surface area (Å²) in [6.45, 7) is 3.26. The minimum absolute atomic E-state index is 0.0486. The molecule has 5 heteroatoms. The Kier molecular flexibility index (Phi) is 3.47. The molecule has 4 nitrogen and oxygen atoms in total. The van der Waals surface area contributed by atoms with Crippen LogP contribution in [0.2, 0.25) is 0 Å². The zero-order chi connectivity index (χ0) is 9.12. The lowest BCUT2D eigenvalue weighted by Gasteiger charge is -2.20. The average Bonchev–Trinajstić information content (AvgIpc) is 1.86. The molecule has 11 heavy (non-hydrogen) atoms. The molecule has 68 valence electrons. The number of hydrogen-bond donors (Lipinski definition) is 2. The highest BCUT2D eigenvalue weighted by molar-refractivity contribution is 7.89. The third kappa shape index (κ3) is 4.34. The fraction of sp³-hybridized carbons (Fsp3) is 1.00. The van der Waals surface area contributed by atoms with E-state index in [-0.39, 0.29) is 12.4 Å². The number of sulfonamides is 1. The summed E-state index contributed by atoms with van der Waals surface area (Å²) in [5, 5.41) is 8.76. The van der Waals surface area contributed by atoms with Gasteiger partial charge in [0, 0.05) is 12.0 Å². The number of hydrogen-bond acceptors (Lipinski definition) is 3. The predicted octanol–water partition coefficient (Wildman–Crippen LogP) is -0.446. The van der Waals surface area contributed by atoms with Crippen LogP contribution in [-0.4, -0.2) is 32.9 Å². The number of aliphatic hydroxyl groups excluding tert-OH is 1. The summed E-state index contributed by atoms with van der Waals surface area (Å²) in [6.07, 6.45) is 0. The van der Waals surface area contributed by atoms with E-state index >= 15 is 0 Å². The van der Waals surface area contributed by atoms with Crippen molar-refractivity contribution in [3.63, 3.8) is 0 Å². The van der Waals surface area contributed by atoms with Crippen molar-refractivity contribution in [2.45, 2.75) is 13.8 Å². The Morgan fingerprint density at radius 3 is 2.18 bits per heavy atom. The zero-order valence-electron chi connectivity index (χ0n) is 7.09. The molecule has 0 fully saturated rings. The SMILES string of the molecule is CNS(=O)(=O)CC(C)(C)CO. The van der Waals surface area contributed by atoms with Gasteiger partial charge in [-0.2, -0.15) is 0 Å². The van der Waals surface area contributed by atoms with Gasteiger partial charge >= 0.3 is 0 Å². The minimum atomic E-state index is -3.20. The summed E-state index contributed by atoms with van der Waals surface area (Å²) in [5.41, 5.74) is -0.568. The summed E-state index contributed by atoms with van der Waals surface area (Å²) in [4.78, 5) is 0. The van der Waals surface area contributed by atoms with Crippen LogP contribution in [-0.2, 0) is 10.0 Å². The molecule has 2 N–H and O–H groups in total. The van der Waals surface area contributed by atoms with Crippen LogP contribution in [0.15, 0.2) is 0 Å². The topological polar surface area (TPSA) is 66.4 Å². The fourth-order valence-electron chi connectivity index (χ4n) is 0.632. The highest BCUT2D eigenvalue weighted by Crippen LogP contribution is 2.15. The molecule has 0 heterocycles. The molecule has 0 saturated heterocycles. The second kappa shape index (κ2) is 3.51. The molecule has 0 amide bonds. The van der Waals surface area contributed by atoms with E-state index in [0.29, 0.717) is 0 Å². The van der Waals surface area contributed by atoms with E-state index in [1.54, 1.807) is 13.8 Å². The number of nitrogens with one attached hydrogen (secondary N) is 1. The van der Waals surface area contributed by atoms with Gasteiger partial charge in [-0.3, -0.25) is 0 Å². The van der Waals surface area contributed by atoms with Gasteiger partial charge in [-0.1, -0.05) is 13.8 Å². The van der Waals surface area contributed by atoms with Gasteiger partial charge in [0.25, 0.3) is 0 Å². The quantitative estimate of drug-likeness (QED) is 0.617. The van der Waals surface area contributed by atoms with Gasteiger partial charge < -0.3 is 5.11 Å². The molecule has 0 atom stereocenters. The smallest absolute Gasteiger partial charge is 0.211 e. The third-order valence-corrected chi connectivity index (χ3v) is 3.10. The van der Waals surface area contributed by atoms with E-state index in [1.165, 1.54) is 7.05 Å². The molecule has 0 aliphatic heterocycles. The van der Waals surface area contributed by atoms with Crippen LogP contribution < -0.4 is 4.72 Å². The van der Waals surface area contributed by atoms with E-state index < -0.39 is 15.4 Å². The molecule has 0 aliphatic rings. The van der Waals surface area contributed by atoms with Gasteiger partial charge in [0.05, 0.1) is 5.75 Å². The van der Waals surface area contributed by atoms with Crippen molar-refractivity contribution in [2.24, 2.45) is 5.41 Å². The zero-order valence-corrected chi connectivity index (χ0v) is 7.90. The maximum Gasteiger partial charge on any atom is 0.211 e. The summed E-state index contributed by atoms with van der Waals surface area (Å²) in [7, 11) is -1.84. The van der Waals surface area contributed by atoms with Gasteiger partial charge in [-0.05, 0) is 7.05 Å². The third-order valence-electron chi connectivity index (χ3n) is 1.32. The standard InChI is InChI=1S/C6H15NO3S/c1-6(2,4-8)5-11(9,10)7-3/h7-8H,4-5H2,1-3H3. The first-order valence-electron chi connectivity index (χ1n) is 3.35. The molecule has 0 spiro atoms. The lowest BCUT2D eigenvalue weighted by atomic mass is 9.98. The summed E-state index contributed by atoms with van der Waals surface area (Å²) in [6, 6.07) is 0. The summed E-state index contributed by atoms with van der Waals surface area (Å²) in [5.74, 6) is -0.0486. The second-order valence-electron chi connectivity index (χ2n) is 3.29. The molecule has 0 aromatic rings. The molecular formula is C6H15NO3S. The van der Waals surface area contributed by atoms with Crippen molar-refractivity contribution < 1.29 is 13.5 Å². The molecule has 0 bridgehead atoms. The van der Waals surface area contributed by atoms with E-state index in [1.807, 2.05) is 0 Å². The van der Waals surface area contributed by atoms with Crippen LogP contribution in [0.5, 0.6) is 0 Å². The molecule has 0 radical (unpaired) electrons. The first kappa shape index (κ1) is 10.9. The summed E-state index contributed by atoms with van der Waals surface area (Å²) >= 11 is 0. The van der Waals surface area contributed by atoms with Gasteiger partial charge in [0.15, 0.2) is 0 Å². The van der Waals surface area contributed by atoms with Crippen LogP contribution in [0.3, 0.4) is 0 Å². The first-order chi connectivity index (χ1) is 4.83. The van der Waals surface area contributed by atoms with Gasteiger partial charge in [-0.25, -0.2) is 13.1 Å². The highest BCUT2D eigenvalue weighted by Gasteiger charge is 2.23. The van der Waals surface area contributed by atoms with Crippen LogP contribution in [0.4, 0.5) is 0 Å². The number of rotatable bonds is 4. The Labute approximate surface area is 67.7 Å². The predicted molar refractivity (Wildman–Crippen MR) is 43.7 cm³/mol. The van der Waals surface area contributed by atoms with Crippen LogP contribution >= 0.6 is 0 Å². The Morgan fingerprint density at radius 2 is 1.91 bits per heavy atom. The Morgan fingerprint density at radius 1 is 1.45 bits per heavy atom. The molecule has 0 aromatic heterocycles. The second-order valence-corrected chi connectivity index (χ2v) is 5.21. The Bertz CT molecular complexity index is 208. The normalized spacial score (nSPS) is 13.5. The Hall–Kier alpha value is -0.130. The molecule has 0 aliphatic carbocycles. The minimum Gasteiger partial charge on any atom is -0.396 e. The molecular weight excluding hydrogens is 166 g/mol. The average molecular weight is 181 g/mol. The number of aliphatic hydroxyl groups is 1. The fourth-order valence-corrected chi connectivity index (χ4v) is 1.90. The van der Waals surface area contributed by atoms with Gasteiger partial charge in [-0.15, -0.1) is 0 Å². The van der Waals surface area contributed by atoms with E-state index in [9.17, 15) is 8.42 Å². The largest absolute Gasteiger partial charge is 0.396 e. The highest BCUT2D eigenvalue weighted by atomic mass is 32.2. The van der Waals surface area contributed by atoms with Crippen LogP contribution in [0, 0.1) is 5.41 Å². The van der Waals surface area contributed by atoms with Crippen LogP contribution in [0.25, 0.3) is 0 Å². The molecule has 0 unspecified atom stereocenters. The molecule has 0 saturated carbocycles. The Balaban J connectivity index is 4.26. The van der Waals surface area contributed by atoms with Crippen molar-refractivity contribution in [2.75, 3.05) is 19.4 Å². The maximum atomic E-state index is 11.0. The van der Waals surface area contributed by atoms with Gasteiger partial charge in [0.1, 0.15) is 0 Å². The summed E-state index contributed by atoms with van der Waals surface area (Å²) < 4.78 is 24.1. The van der Waals surface area contributed by atoms with E-state index in [0.717, 1.165) is 0 Å². The first-order valence-corrected chi connectivity index (χ1v) is 5.00.